The van der Waals surface area contributed by atoms with Crippen LogP contribution in [0, 0.1) is 10.1 Å². The van der Waals surface area contributed by atoms with E-state index in [0.29, 0.717) is 17.5 Å². The standard InChI is InChI=1S/C20H22N4O4/c25-19-6-2-1-5-15(19)7-10-20(26)22-21-14-16-13-17(24(27)28)8-9-18(16)23-11-3-4-12-23/h1-2,5-6,8-9,13-14,25H,3-4,7,10-12H2,(H,22,26). The first-order valence-corrected chi connectivity index (χ1v) is 9.17. The summed E-state index contributed by atoms with van der Waals surface area (Å²) in [5.41, 5.74) is 4.59. The Kier molecular flexibility index (Phi) is 6.21. The largest absolute Gasteiger partial charge is 0.508 e. The summed E-state index contributed by atoms with van der Waals surface area (Å²) in [6.07, 6.45) is 4.17. The van der Waals surface area contributed by atoms with E-state index >= 15 is 0 Å². The molecule has 0 aromatic heterocycles. The van der Waals surface area contributed by atoms with Gasteiger partial charge in [0, 0.05) is 42.9 Å². The van der Waals surface area contributed by atoms with Gasteiger partial charge in [-0.2, -0.15) is 5.10 Å². The summed E-state index contributed by atoms with van der Waals surface area (Å²) in [4.78, 5) is 24.8. The van der Waals surface area contributed by atoms with E-state index in [9.17, 15) is 20.0 Å². The zero-order chi connectivity index (χ0) is 19.9. The number of nitro groups is 1. The Hall–Kier alpha value is -3.42. The first-order valence-electron chi connectivity index (χ1n) is 9.17. The molecule has 28 heavy (non-hydrogen) atoms. The predicted octanol–water partition coefficient (Wildman–Crippen LogP) is 2.98. The number of para-hydroxylation sites is 1. The Morgan fingerprint density at radius 2 is 2.00 bits per heavy atom. The number of carbonyl (C=O) groups excluding carboxylic acids is 1. The van der Waals surface area contributed by atoms with Crippen LogP contribution in [0.2, 0.25) is 0 Å². The van der Waals surface area contributed by atoms with Crippen LogP contribution in [0.3, 0.4) is 0 Å². The molecule has 0 saturated carbocycles. The third-order valence-electron chi connectivity index (χ3n) is 4.67. The SMILES string of the molecule is O=C(CCc1ccccc1O)NN=Cc1cc([N+](=O)[O-])ccc1N1CCCC1. The van der Waals surface area contributed by atoms with Crippen LogP contribution in [0.25, 0.3) is 0 Å². The van der Waals surface area contributed by atoms with Gasteiger partial charge in [-0.15, -0.1) is 0 Å². The molecule has 8 heteroatoms. The second-order valence-corrected chi connectivity index (χ2v) is 6.62. The van der Waals surface area contributed by atoms with Gasteiger partial charge >= 0.3 is 0 Å². The van der Waals surface area contributed by atoms with Crippen molar-refractivity contribution in [3.63, 3.8) is 0 Å². The van der Waals surface area contributed by atoms with Gasteiger partial charge in [-0.3, -0.25) is 14.9 Å². The lowest BCUT2D eigenvalue weighted by Crippen LogP contribution is -2.20. The number of benzene rings is 2. The van der Waals surface area contributed by atoms with E-state index in [4.69, 9.17) is 0 Å². The number of hydrogen-bond acceptors (Lipinski definition) is 6. The fourth-order valence-corrected chi connectivity index (χ4v) is 3.21. The zero-order valence-electron chi connectivity index (χ0n) is 15.4. The Labute approximate surface area is 162 Å². The van der Waals surface area contributed by atoms with Crippen LogP contribution in [0.15, 0.2) is 47.6 Å². The molecule has 0 radical (unpaired) electrons. The summed E-state index contributed by atoms with van der Waals surface area (Å²) in [5, 5.41) is 24.8. The topological polar surface area (TPSA) is 108 Å². The van der Waals surface area contributed by atoms with Gasteiger partial charge in [0.05, 0.1) is 11.1 Å². The van der Waals surface area contributed by atoms with E-state index < -0.39 is 4.92 Å². The molecule has 1 amide bonds. The Morgan fingerprint density at radius 1 is 1.25 bits per heavy atom. The second kappa shape index (κ2) is 8.98. The molecule has 2 N–H and O–H groups in total. The van der Waals surface area contributed by atoms with Gasteiger partial charge in [-0.25, -0.2) is 5.43 Å². The summed E-state index contributed by atoms with van der Waals surface area (Å²) < 4.78 is 0. The molecule has 0 spiro atoms. The number of hydrazone groups is 1. The molecule has 1 aliphatic heterocycles. The highest BCUT2D eigenvalue weighted by Crippen LogP contribution is 2.27. The molecule has 1 heterocycles. The molecule has 2 aromatic carbocycles. The van der Waals surface area contributed by atoms with Crippen LogP contribution in [0.5, 0.6) is 5.75 Å². The zero-order valence-corrected chi connectivity index (χ0v) is 15.4. The van der Waals surface area contributed by atoms with Gasteiger partial charge in [-0.05, 0) is 37.0 Å². The van der Waals surface area contributed by atoms with E-state index in [0.717, 1.165) is 31.6 Å². The maximum Gasteiger partial charge on any atom is 0.270 e. The highest BCUT2D eigenvalue weighted by Gasteiger charge is 2.18. The number of rotatable bonds is 7. The summed E-state index contributed by atoms with van der Waals surface area (Å²) >= 11 is 0. The molecule has 0 aliphatic carbocycles. The van der Waals surface area contributed by atoms with Gasteiger partial charge in [-0.1, -0.05) is 18.2 Å². The smallest absolute Gasteiger partial charge is 0.270 e. The van der Waals surface area contributed by atoms with Crippen LogP contribution in [0.1, 0.15) is 30.4 Å². The third kappa shape index (κ3) is 4.85. The highest BCUT2D eigenvalue weighted by molar-refractivity contribution is 5.90. The van der Waals surface area contributed by atoms with Crippen LogP contribution < -0.4 is 10.3 Å². The van der Waals surface area contributed by atoms with E-state index in [2.05, 4.69) is 15.4 Å². The summed E-state index contributed by atoms with van der Waals surface area (Å²) in [6, 6.07) is 11.5. The van der Waals surface area contributed by atoms with Gasteiger partial charge in [0.1, 0.15) is 5.75 Å². The van der Waals surface area contributed by atoms with E-state index in [-0.39, 0.29) is 23.8 Å². The van der Waals surface area contributed by atoms with Crippen molar-refractivity contribution in [1.82, 2.24) is 5.43 Å². The molecule has 1 saturated heterocycles. The first kappa shape index (κ1) is 19.3. The monoisotopic (exact) mass is 382 g/mol. The predicted molar refractivity (Wildman–Crippen MR) is 107 cm³/mol. The third-order valence-corrected chi connectivity index (χ3v) is 4.67. The number of anilines is 1. The molecule has 1 aliphatic rings. The summed E-state index contributed by atoms with van der Waals surface area (Å²) in [5.74, 6) is -0.140. The molecule has 2 aromatic rings. The Balaban J connectivity index is 1.65. The number of nitrogens with one attached hydrogen (secondary N) is 1. The average molecular weight is 382 g/mol. The van der Waals surface area contributed by atoms with Gasteiger partial charge in [0.25, 0.3) is 5.69 Å². The van der Waals surface area contributed by atoms with E-state index in [1.807, 2.05) is 0 Å². The number of aryl methyl sites for hydroxylation is 1. The fraction of sp³-hybridized carbons (Fsp3) is 0.300. The van der Waals surface area contributed by atoms with Gasteiger partial charge in [0.15, 0.2) is 0 Å². The van der Waals surface area contributed by atoms with Crippen molar-refractivity contribution >= 4 is 23.5 Å². The quantitative estimate of drug-likeness (QED) is 0.435. The fourth-order valence-electron chi connectivity index (χ4n) is 3.21. The number of carbonyl (C=O) groups is 1. The normalized spacial score (nSPS) is 13.8. The number of phenols is 1. The number of nitro benzene ring substituents is 1. The van der Waals surface area contributed by atoms with Crippen molar-refractivity contribution < 1.29 is 14.8 Å². The molecule has 0 atom stereocenters. The maximum atomic E-state index is 12.0. The minimum atomic E-state index is -0.448. The molecule has 0 unspecified atom stereocenters. The van der Waals surface area contributed by atoms with Crippen LogP contribution in [-0.2, 0) is 11.2 Å². The van der Waals surface area contributed by atoms with Crippen molar-refractivity contribution in [3.05, 3.63) is 63.7 Å². The Bertz CT molecular complexity index is 892. The van der Waals surface area contributed by atoms with Crippen molar-refractivity contribution in [3.8, 4) is 5.75 Å². The van der Waals surface area contributed by atoms with Crippen LogP contribution in [-0.4, -0.2) is 35.2 Å². The van der Waals surface area contributed by atoms with Crippen molar-refractivity contribution in [2.75, 3.05) is 18.0 Å². The first-order chi connectivity index (χ1) is 13.5. The van der Waals surface area contributed by atoms with Crippen LogP contribution in [0.4, 0.5) is 11.4 Å². The second-order valence-electron chi connectivity index (χ2n) is 6.62. The van der Waals surface area contributed by atoms with E-state index in [1.54, 1.807) is 30.3 Å². The molecule has 8 nitrogen and oxygen atoms in total. The summed E-state index contributed by atoms with van der Waals surface area (Å²) in [6.45, 7) is 1.79. The maximum absolute atomic E-state index is 12.0. The van der Waals surface area contributed by atoms with E-state index in [1.165, 1.54) is 18.3 Å². The lowest BCUT2D eigenvalue weighted by molar-refractivity contribution is -0.384. The molecule has 1 fully saturated rings. The van der Waals surface area contributed by atoms with Crippen molar-refractivity contribution in [2.24, 2.45) is 5.10 Å². The van der Waals surface area contributed by atoms with Crippen LogP contribution >= 0.6 is 0 Å². The number of amides is 1. The lowest BCUT2D eigenvalue weighted by Gasteiger charge is -2.19. The molecule has 3 rings (SSSR count). The lowest BCUT2D eigenvalue weighted by atomic mass is 10.1. The Morgan fingerprint density at radius 3 is 2.71 bits per heavy atom. The number of aromatic hydroxyl groups is 1. The van der Waals surface area contributed by atoms with Crippen molar-refractivity contribution in [1.29, 1.82) is 0 Å². The average Bonchev–Trinajstić information content (AvgIpc) is 3.22. The van der Waals surface area contributed by atoms with Gasteiger partial charge < -0.3 is 10.0 Å². The molecule has 0 bridgehead atoms. The number of non-ortho nitro benzene ring substituents is 1. The molecular weight excluding hydrogens is 360 g/mol. The minimum Gasteiger partial charge on any atom is -0.508 e. The van der Waals surface area contributed by atoms with Crippen molar-refractivity contribution in [2.45, 2.75) is 25.7 Å². The number of nitrogens with zero attached hydrogens (tertiary/aromatic N) is 3. The number of hydrogen-bond donors (Lipinski definition) is 2. The molecular formula is C20H22N4O4. The summed E-state index contributed by atoms with van der Waals surface area (Å²) in [7, 11) is 0. The number of phenolic OH excluding ortho intramolecular Hbond substituents is 1. The molecule has 146 valence electrons. The van der Waals surface area contributed by atoms with Gasteiger partial charge in [0.2, 0.25) is 5.91 Å². The highest BCUT2D eigenvalue weighted by atomic mass is 16.6. The minimum absolute atomic E-state index is 0.0183.